The average molecular weight is 267 g/mol. The number of benzene rings is 1. The van der Waals surface area contributed by atoms with Crippen LogP contribution in [-0.2, 0) is 10.2 Å². The molecule has 3 atom stereocenters. The quantitative estimate of drug-likeness (QED) is 0.697. The zero-order valence-electron chi connectivity index (χ0n) is 11.7. The Morgan fingerprint density at radius 3 is 2.22 bits per heavy atom. The number of halogens is 1. The third-order valence-electron chi connectivity index (χ3n) is 3.69. The van der Waals surface area contributed by atoms with Crippen LogP contribution in [0.25, 0.3) is 0 Å². The van der Waals surface area contributed by atoms with Crippen molar-refractivity contribution in [3.63, 3.8) is 0 Å². The van der Waals surface area contributed by atoms with Crippen LogP contribution < -0.4 is 0 Å². The molecule has 0 amide bonds. The first-order valence-electron chi connectivity index (χ1n) is 6.78. The monoisotopic (exact) mass is 266 g/mol. The highest BCUT2D eigenvalue weighted by atomic mass is 35.5. The van der Waals surface area contributed by atoms with Crippen LogP contribution in [0.2, 0.25) is 0 Å². The van der Waals surface area contributed by atoms with E-state index in [0.717, 1.165) is 12.8 Å². The summed E-state index contributed by atoms with van der Waals surface area (Å²) in [4.78, 5) is 0. The lowest BCUT2D eigenvalue weighted by atomic mass is 9.86. The van der Waals surface area contributed by atoms with Crippen LogP contribution in [0.4, 0.5) is 0 Å². The minimum atomic E-state index is -0.0241. The van der Waals surface area contributed by atoms with Gasteiger partial charge in [0, 0.05) is 0 Å². The summed E-state index contributed by atoms with van der Waals surface area (Å²) < 4.78 is 5.84. The molecule has 3 unspecified atom stereocenters. The van der Waals surface area contributed by atoms with Gasteiger partial charge in [0.15, 0.2) is 0 Å². The number of rotatable bonds is 2. The lowest BCUT2D eigenvalue weighted by molar-refractivity contribution is 0.0533. The Bertz CT molecular complexity index is 391. The summed E-state index contributed by atoms with van der Waals surface area (Å²) in [5.74, 6) is 0. The lowest BCUT2D eigenvalue weighted by Crippen LogP contribution is -2.15. The molecule has 2 rings (SSSR count). The molecule has 0 radical (unpaired) electrons. The van der Waals surface area contributed by atoms with Gasteiger partial charge in [-0.25, -0.2) is 0 Å². The predicted octanol–water partition coefficient (Wildman–Crippen LogP) is 4.83. The molecule has 1 heterocycles. The third-order valence-corrected chi connectivity index (χ3v) is 4.22. The summed E-state index contributed by atoms with van der Waals surface area (Å²) in [6.45, 7) is 8.79. The Labute approximate surface area is 115 Å². The van der Waals surface area contributed by atoms with Crippen LogP contribution >= 0.6 is 11.6 Å². The lowest BCUT2D eigenvalue weighted by Gasteiger charge is -2.21. The summed E-state index contributed by atoms with van der Waals surface area (Å²) >= 11 is 6.52. The Hall–Kier alpha value is -0.530. The summed E-state index contributed by atoms with van der Waals surface area (Å²) in [6, 6.07) is 8.65. The second-order valence-electron chi connectivity index (χ2n) is 6.34. The van der Waals surface area contributed by atoms with Gasteiger partial charge in [0.1, 0.15) is 0 Å². The van der Waals surface area contributed by atoms with Gasteiger partial charge in [0.2, 0.25) is 0 Å². The predicted molar refractivity (Wildman–Crippen MR) is 77.3 cm³/mol. The fraction of sp³-hybridized carbons (Fsp3) is 0.625. The van der Waals surface area contributed by atoms with Gasteiger partial charge in [-0.3, -0.25) is 0 Å². The Morgan fingerprint density at radius 2 is 1.78 bits per heavy atom. The maximum atomic E-state index is 6.52. The molecule has 0 spiro atoms. The number of alkyl halides is 1. The van der Waals surface area contributed by atoms with Crippen molar-refractivity contribution in [3.05, 3.63) is 35.4 Å². The van der Waals surface area contributed by atoms with Crippen molar-refractivity contribution < 1.29 is 4.74 Å². The van der Waals surface area contributed by atoms with E-state index in [2.05, 4.69) is 52.0 Å². The number of hydrogen-bond acceptors (Lipinski definition) is 1. The average Bonchev–Trinajstić information content (AvgIpc) is 2.74. The molecule has 1 fully saturated rings. The summed E-state index contributed by atoms with van der Waals surface area (Å²) in [6.07, 6.45) is 2.71. The van der Waals surface area contributed by atoms with Gasteiger partial charge < -0.3 is 4.74 Å². The van der Waals surface area contributed by atoms with Gasteiger partial charge in [-0.2, -0.15) is 0 Å². The first-order chi connectivity index (χ1) is 8.38. The Morgan fingerprint density at radius 1 is 1.17 bits per heavy atom. The van der Waals surface area contributed by atoms with Gasteiger partial charge in [0.25, 0.3) is 0 Å². The largest absolute Gasteiger partial charge is 0.373 e. The van der Waals surface area contributed by atoms with Crippen LogP contribution in [0.1, 0.15) is 57.0 Å². The molecule has 0 aliphatic carbocycles. The van der Waals surface area contributed by atoms with Gasteiger partial charge in [-0.05, 0) is 36.3 Å². The molecular formula is C16H23ClO. The molecule has 18 heavy (non-hydrogen) atoms. The highest BCUT2D eigenvalue weighted by Crippen LogP contribution is 2.35. The second kappa shape index (κ2) is 5.22. The van der Waals surface area contributed by atoms with E-state index in [-0.39, 0.29) is 16.9 Å². The van der Waals surface area contributed by atoms with E-state index in [0.29, 0.717) is 6.10 Å². The minimum Gasteiger partial charge on any atom is -0.373 e. The highest BCUT2D eigenvalue weighted by Gasteiger charge is 2.29. The van der Waals surface area contributed by atoms with E-state index in [1.165, 1.54) is 11.1 Å². The van der Waals surface area contributed by atoms with Crippen molar-refractivity contribution >= 4 is 11.6 Å². The van der Waals surface area contributed by atoms with Gasteiger partial charge in [-0.15, -0.1) is 11.6 Å². The standard InChI is InChI=1S/C16H23ClO/c1-11-5-10-14(18-11)15(17)12-6-8-13(9-7-12)16(2,3)4/h6-9,11,14-15H,5,10H2,1-4H3. The van der Waals surface area contributed by atoms with E-state index < -0.39 is 0 Å². The molecule has 1 aliphatic heterocycles. The molecule has 1 aromatic carbocycles. The number of hydrogen-bond donors (Lipinski definition) is 0. The fourth-order valence-corrected chi connectivity index (χ4v) is 2.76. The molecular weight excluding hydrogens is 244 g/mol. The van der Waals surface area contributed by atoms with Crippen molar-refractivity contribution in [1.82, 2.24) is 0 Å². The highest BCUT2D eigenvalue weighted by molar-refractivity contribution is 6.21. The van der Waals surface area contributed by atoms with Gasteiger partial charge in [-0.1, -0.05) is 45.0 Å². The smallest absolute Gasteiger partial charge is 0.0847 e. The van der Waals surface area contributed by atoms with Crippen LogP contribution in [0.15, 0.2) is 24.3 Å². The zero-order chi connectivity index (χ0) is 13.3. The van der Waals surface area contributed by atoms with Crippen molar-refractivity contribution in [3.8, 4) is 0 Å². The first kappa shape index (κ1) is 13.9. The third kappa shape index (κ3) is 3.07. The molecule has 1 nitrogen and oxygen atoms in total. The SMILES string of the molecule is CC1CCC(C(Cl)c2ccc(C(C)(C)C)cc2)O1. The topological polar surface area (TPSA) is 9.23 Å². The van der Waals surface area contributed by atoms with E-state index >= 15 is 0 Å². The first-order valence-corrected chi connectivity index (χ1v) is 7.21. The van der Waals surface area contributed by atoms with Crippen molar-refractivity contribution in [2.24, 2.45) is 0 Å². The molecule has 0 saturated carbocycles. The number of ether oxygens (including phenoxy) is 1. The molecule has 1 saturated heterocycles. The summed E-state index contributed by atoms with van der Waals surface area (Å²) in [5, 5.41) is -0.0241. The van der Waals surface area contributed by atoms with Gasteiger partial charge >= 0.3 is 0 Å². The molecule has 0 bridgehead atoms. The van der Waals surface area contributed by atoms with Crippen LogP contribution in [-0.4, -0.2) is 12.2 Å². The molecule has 0 N–H and O–H groups in total. The zero-order valence-corrected chi connectivity index (χ0v) is 12.5. The van der Waals surface area contributed by atoms with E-state index in [1.54, 1.807) is 0 Å². The van der Waals surface area contributed by atoms with Crippen molar-refractivity contribution in [1.29, 1.82) is 0 Å². The van der Waals surface area contributed by atoms with E-state index in [4.69, 9.17) is 16.3 Å². The fourth-order valence-electron chi connectivity index (χ4n) is 2.43. The van der Waals surface area contributed by atoms with Crippen molar-refractivity contribution in [2.45, 2.75) is 63.5 Å². The molecule has 1 aromatic rings. The normalized spacial score (nSPS) is 26.3. The summed E-state index contributed by atoms with van der Waals surface area (Å²) in [5.41, 5.74) is 2.71. The van der Waals surface area contributed by atoms with Crippen LogP contribution in [0.3, 0.4) is 0 Å². The minimum absolute atomic E-state index is 0.0241. The van der Waals surface area contributed by atoms with Crippen LogP contribution in [0.5, 0.6) is 0 Å². The summed E-state index contributed by atoms with van der Waals surface area (Å²) in [7, 11) is 0. The maximum Gasteiger partial charge on any atom is 0.0847 e. The van der Waals surface area contributed by atoms with E-state index in [1.807, 2.05) is 0 Å². The Balaban J connectivity index is 2.10. The van der Waals surface area contributed by atoms with Gasteiger partial charge in [0.05, 0.1) is 17.6 Å². The molecule has 2 heteroatoms. The van der Waals surface area contributed by atoms with Crippen LogP contribution in [0, 0.1) is 0 Å². The van der Waals surface area contributed by atoms with Crippen molar-refractivity contribution in [2.75, 3.05) is 0 Å². The molecule has 1 aliphatic rings. The maximum absolute atomic E-state index is 6.52. The second-order valence-corrected chi connectivity index (χ2v) is 6.81. The Kier molecular flexibility index (Phi) is 4.03. The van der Waals surface area contributed by atoms with E-state index in [9.17, 15) is 0 Å². The molecule has 0 aromatic heterocycles. The molecule has 100 valence electrons.